The summed E-state index contributed by atoms with van der Waals surface area (Å²) in [7, 11) is 0. The summed E-state index contributed by atoms with van der Waals surface area (Å²) in [6.45, 7) is 4.31. The van der Waals surface area contributed by atoms with Gasteiger partial charge in [-0.15, -0.1) is 11.3 Å². The third kappa shape index (κ3) is 1.96. The van der Waals surface area contributed by atoms with Crippen LogP contribution in [0.25, 0.3) is 10.1 Å². The van der Waals surface area contributed by atoms with Crippen molar-refractivity contribution >= 4 is 33.0 Å². The van der Waals surface area contributed by atoms with Crippen LogP contribution in [0, 0.1) is 6.92 Å². The summed E-state index contributed by atoms with van der Waals surface area (Å²) in [6.07, 6.45) is -0.849. The SMILES string of the molecule is CCOC(O)c1sc2cccc(Cl)c2c1C. The summed E-state index contributed by atoms with van der Waals surface area (Å²) in [5.74, 6) is 0. The standard InChI is InChI=1S/C12H13ClO2S/c1-3-15-12(14)11-7(2)10-8(13)5-4-6-9(10)16-11/h4-6,12,14H,3H2,1-2H3. The predicted molar refractivity (Wildman–Crippen MR) is 68.2 cm³/mol. The van der Waals surface area contributed by atoms with Gasteiger partial charge < -0.3 is 9.84 Å². The topological polar surface area (TPSA) is 29.5 Å². The molecule has 0 spiro atoms. The highest BCUT2D eigenvalue weighted by Crippen LogP contribution is 2.38. The summed E-state index contributed by atoms with van der Waals surface area (Å²) >= 11 is 7.67. The van der Waals surface area contributed by atoms with Crippen molar-refractivity contribution in [3.8, 4) is 0 Å². The van der Waals surface area contributed by atoms with Gasteiger partial charge in [0.2, 0.25) is 0 Å². The van der Waals surface area contributed by atoms with Crippen LogP contribution >= 0.6 is 22.9 Å². The molecule has 1 aromatic carbocycles. The van der Waals surface area contributed by atoms with Crippen molar-refractivity contribution in [2.24, 2.45) is 0 Å². The number of aliphatic hydroxyl groups excluding tert-OH is 1. The molecule has 1 heterocycles. The van der Waals surface area contributed by atoms with Crippen LogP contribution in [0.3, 0.4) is 0 Å². The first-order valence-electron chi connectivity index (χ1n) is 5.12. The number of fused-ring (bicyclic) bond motifs is 1. The molecule has 0 radical (unpaired) electrons. The molecule has 2 nitrogen and oxygen atoms in total. The lowest BCUT2D eigenvalue weighted by Gasteiger charge is -2.09. The number of halogens is 1. The Morgan fingerprint density at radius 1 is 1.50 bits per heavy atom. The fourth-order valence-corrected chi connectivity index (χ4v) is 3.29. The third-order valence-electron chi connectivity index (χ3n) is 2.49. The van der Waals surface area contributed by atoms with Crippen molar-refractivity contribution in [3.05, 3.63) is 33.7 Å². The second-order valence-electron chi connectivity index (χ2n) is 3.51. The molecule has 1 aromatic heterocycles. The van der Waals surface area contributed by atoms with E-state index < -0.39 is 6.29 Å². The molecule has 0 bridgehead atoms. The molecule has 1 atom stereocenters. The van der Waals surface area contributed by atoms with E-state index in [2.05, 4.69) is 0 Å². The van der Waals surface area contributed by atoms with Crippen LogP contribution < -0.4 is 0 Å². The third-order valence-corrected chi connectivity index (χ3v) is 4.09. The number of hydrogen-bond donors (Lipinski definition) is 1. The molecule has 0 fully saturated rings. The van der Waals surface area contributed by atoms with E-state index in [1.165, 1.54) is 11.3 Å². The first-order chi connectivity index (χ1) is 7.65. The highest BCUT2D eigenvalue weighted by atomic mass is 35.5. The van der Waals surface area contributed by atoms with Crippen LogP contribution in [0.5, 0.6) is 0 Å². The Hall–Kier alpha value is -0.610. The zero-order valence-corrected chi connectivity index (χ0v) is 10.7. The second-order valence-corrected chi connectivity index (χ2v) is 5.00. The average Bonchev–Trinajstić information content (AvgIpc) is 2.58. The van der Waals surface area contributed by atoms with Gasteiger partial charge in [0.15, 0.2) is 6.29 Å². The maximum atomic E-state index is 9.84. The number of hydrogen-bond acceptors (Lipinski definition) is 3. The summed E-state index contributed by atoms with van der Waals surface area (Å²) in [6, 6.07) is 5.78. The Morgan fingerprint density at radius 2 is 2.25 bits per heavy atom. The second kappa shape index (κ2) is 4.72. The smallest absolute Gasteiger partial charge is 0.190 e. The molecule has 16 heavy (non-hydrogen) atoms. The Labute approximate surface area is 103 Å². The van der Waals surface area contributed by atoms with Gasteiger partial charge >= 0.3 is 0 Å². The molecule has 0 amide bonds. The van der Waals surface area contributed by atoms with Crippen molar-refractivity contribution in [3.63, 3.8) is 0 Å². The highest BCUT2D eigenvalue weighted by Gasteiger charge is 2.17. The van der Waals surface area contributed by atoms with Crippen LogP contribution in [0.2, 0.25) is 5.02 Å². The van der Waals surface area contributed by atoms with Gasteiger partial charge in [-0.25, -0.2) is 0 Å². The summed E-state index contributed by atoms with van der Waals surface area (Å²) in [5.41, 5.74) is 1.01. The van der Waals surface area contributed by atoms with Crippen LogP contribution in [0.15, 0.2) is 18.2 Å². The lowest BCUT2D eigenvalue weighted by molar-refractivity contribution is -0.0958. The molecule has 2 rings (SSSR count). The minimum absolute atomic E-state index is 0.489. The van der Waals surface area contributed by atoms with E-state index in [1.807, 2.05) is 32.0 Å². The zero-order valence-electron chi connectivity index (χ0n) is 9.16. The molecule has 1 unspecified atom stereocenters. The fourth-order valence-electron chi connectivity index (χ4n) is 1.74. The molecule has 0 saturated carbocycles. The van der Waals surface area contributed by atoms with Gasteiger partial charge in [0.25, 0.3) is 0 Å². The zero-order chi connectivity index (χ0) is 11.7. The van der Waals surface area contributed by atoms with Gasteiger partial charge in [0, 0.05) is 21.7 Å². The van der Waals surface area contributed by atoms with Gasteiger partial charge in [0.05, 0.1) is 4.88 Å². The Balaban J connectivity index is 2.56. The predicted octanol–water partition coefficient (Wildman–Crippen LogP) is 3.89. The largest absolute Gasteiger partial charge is 0.364 e. The molecule has 0 aliphatic heterocycles. The molecule has 4 heteroatoms. The molecular formula is C12H13ClO2S. The van der Waals surface area contributed by atoms with Gasteiger partial charge in [-0.1, -0.05) is 17.7 Å². The van der Waals surface area contributed by atoms with E-state index in [0.29, 0.717) is 6.61 Å². The van der Waals surface area contributed by atoms with Crippen molar-refractivity contribution in [2.45, 2.75) is 20.1 Å². The van der Waals surface area contributed by atoms with Gasteiger partial charge in [-0.2, -0.15) is 0 Å². The van der Waals surface area contributed by atoms with Crippen LogP contribution in [0.1, 0.15) is 23.7 Å². The first kappa shape index (κ1) is 11.9. The van der Waals surface area contributed by atoms with Gasteiger partial charge in [0.1, 0.15) is 0 Å². The Morgan fingerprint density at radius 3 is 2.88 bits per heavy atom. The lowest BCUT2D eigenvalue weighted by atomic mass is 10.1. The van der Waals surface area contributed by atoms with Crippen LogP contribution in [-0.4, -0.2) is 11.7 Å². The monoisotopic (exact) mass is 256 g/mol. The van der Waals surface area contributed by atoms with Crippen molar-refractivity contribution in [2.75, 3.05) is 6.61 Å². The maximum Gasteiger partial charge on any atom is 0.190 e. The minimum atomic E-state index is -0.849. The van der Waals surface area contributed by atoms with Crippen LogP contribution in [-0.2, 0) is 4.74 Å². The highest BCUT2D eigenvalue weighted by molar-refractivity contribution is 7.19. The summed E-state index contributed by atoms with van der Waals surface area (Å²) in [4.78, 5) is 0.838. The minimum Gasteiger partial charge on any atom is -0.364 e. The Bertz CT molecular complexity index is 507. The molecule has 2 aromatic rings. The molecule has 0 aliphatic rings. The fraction of sp³-hybridized carbons (Fsp3) is 0.333. The number of benzene rings is 1. The van der Waals surface area contributed by atoms with Gasteiger partial charge in [-0.05, 0) is 31.5 Å². The molecule has 0 saturated heterocycles. The Kier molecular flexibility index (Phi) is 3.50. The number of aryl methyl sites for hydroxylation is 1. The van der Waals surface area contributed by atoms with E-state index in [1.54, 1.807) is 0 Å². The number of aliphatic hydroxyl groups is 1. The van der Waals surface area contributed by atoms with E-state index in [9.17, 15) is 5.11 Å². The summed E-state index contributed by atoms with van der Waals surface area (Å²) < 4.78 is 6.28. The first-order valence-corrected chi connectivity index (χ1v) is 6.31. The maximum absolute atomic E-state index is 9.84. The average molecular weight is 257 g/mol. The quantitative estimate of drug-likeness (QED) is 0.845. The van der Waals surface area contributed by atoms with Crippen molar-refractivity contribution in [1.82, 2.24) is 0 Å². The number of thiophene rings is 1. The summed E-state index contributed by atoms with van der Waals surface area (Å²) in [5, 5.41) is 11.6. The van der Waals surface area contributed by atoms with Gasteiger partial charge in [-0.3, -0.25) is 0 Å². The number of ether oxygens (including phenoxy) is 1. The van der Waals surface area contributed by atoms with Crippen molar-refractivity contribution < 1.29 is 9.84 Å². The van der Waals surface area contributed by atoms with E-state index >= 15 is 0 Å². The van der Waals surface area contributed by atoms with Crippen LogP contribution in [0.4, 0.5) is 0 Å². The van der Waals surface area contributed by atoms with E-state index in [4.69, 9.17) is 16.3 Å². The normalized spacial score (nSPS) is 13.2. The number of rotatable bonds is 3. The lowest BCUT2D eigenvalue weighted by Crippen LogP contribution is -2.01. The van der Waals surface area contributed by atoms with E-state index in [0.717, 1.165) is 25.5 Å². The molecular weight excluding hydrogens is 244 g/mol. The molecule has 0 aliphatic carbocycles. The molecule has 86 valence electrons. The molecule has 1 N–H and O–H groups in total. The van der Waals surface area contributed by atoms with E-state index in [-0.39, 0.29) is 0 Å². The van der Waals surface area contributed by atoms with Crippen molar-refractivity contribution in [1.29, 1.82) is 0 Å².